The first-order valence-corrected chi connectivity index (χ1v) is 8.02. The van der Waals surface area contributed by atoms with Crippen LogP contribution in [0.25, 0.3) is 0 Å². The molecular weight excluding hydrogens is 272 g/mol. The molecule has 20 heavy (non-hydrogen) atoms. The molecule has 1 aromatic rings. The number of nitrogens with two attached hydrogens (primary N) is 1. The van der Waals surface area contributed by atoms with Gasteiger partial charge in [0.15, 0.2) is 0 Å². The van der Waals surface area contributed by atoms with Crippen molar-refractivity contribution in [3.63, 3.8) is 0 Å². The van der Waals surface area contributed by atoms with Crippen molar-refractivity contribution in [1.29, 1.82) is 0 Å². The lowest BCUT2D eigenvalue weighted by Crippen LogP contribution is -2.48. The molecule has 0 radical (unpaired) electrons. The quantitative estimate of drug-likeness (QED) is 0.866. The van der Waals surface area contributed by atoms with Crippen LogP contribution < -0.4 is 10.5 Å². The second-order valence-electron chi connectivity index (χ2n) is 5.07. The Hall–Kier alpha value is -1.36. The van der Waals surface area contributed by atoms with Crippen molar-refractivity contribution >= 4 is 23.4 Å². The molecule has 0 saturated carbocycles. The van der Waals surface area contributed by atoms with Crippen molar-refractivity contribution in [2.45, 2.75) is 31.6 Å². The Labute approximate surface area is 124 Å². The molecule has 5 heteroatoms. The van der Waals surface area contributed by atoms with E-state index in [1.54, 1.807) is 6.07 Å². The summed E-state index contributed by atoms with van der Waals surface area (Å²) in [6.07, 6.45) is 0.413. The van der Waals surface area contributed by atoms with E-state index in [9.17, 15) is 4.79 Å². The minimum absolute atomic E-state index is 0.175. The van der Waals surface area contributed by atoms with Gasteiger partial charge in [0.1, 0.15) is 5.75 Å². The monoisotopic (exact) mass is 294 g/mol. The van der Waals surface area contributed by atoms with Gasteiger partial charge in [-0.2, -0.15) is 11.8 Å². The van der Waals surface area contributed by atoms with Gasteiger partial charge in [0, 0.05) is 35.3 Å². The van der Waals surface area contributed by atoms with Crippen molar-refractivity contribution in [3.05, 3.63) is 24.3 Å². The van der Waals surface area contributed by atoms with Gasteiger partial charge in [-0.3, -0.25) is 4.79 Å². The largest absolute Gasteiger partial charge is 0.493 e. The number of ether oxygens (including phenoxy) is 1. The molecule has 2 unspecified atom stereocenters. The molecule has 2 rings (SSSR count). The van der Waals surface area contributed by atoms with E-state index in [1.165, 1.54) is 0 Å². The predicted molar refractivity (Wildman–Crippen MR) is 84.1 cm³/mol. The van der Waals surface area contributed by atoms with Crippen molar-refractivity contribution in [1.82, 2.24) is 4.90 Å². The number of rotatable bonds is 4. The number of hydrogen-bond donors (Lipinski definition) is 1. The van der Waals surface area contributed by atoms with E-state index in [1.807, 2.05) is 34.9 Å². The molecule has 1 aliphatic heterocycles. The van der Waals surface area contributed by atoms with Crippen LogP contribution in [-0.4, -0.2) is 41.0 Å². The van der Waals surface area contributed by atoms with Crippen molar-refractivity contribution in [2.75, 3.05) is 24.6 Å². The molecule has 0 aromatic heterocycles. The lowest BCUT2D eigenvalue weighted by Gasteiger charge is -2.37. The van der Waals surface area contributed by atoms with Crippen molar-refractivity contribution < 1.29 is 9.53 Å². The lowest BCUT2D eigenvalue weighted by atomic mass is 10.2. The predicted octanol–water partition coefficient (Wildman–Crippen LogP) is 2.39. The highest BCUT2D eigenvalue weighted by Crippen LogP contribution is 2.24. The van der Waals surface area contributed by atoms with E-state index in [2.05, 4.69) is 13.8 Å². The van der Waals surface area contributed by atoms with Gasteiger partial charge in [-0.15, -0.1) is 0 Å². The maximum atomic E-state index is 12.2. The topological polar surface area (TPSA) is 55.6 Å². The number of nitrogens with zero attached hydrogens (tertiary/aromatic N) is 1. The van der Waals surface area contributed by atoms with Crippen molar-refractivity contribution in [3.8, 4) is 5.75 Å². The van der Waals surface area contributed by atoms with Crippen LogP contribution in [0.4, 0.5) is 5.69 Å². The van der Waals surface area contributed by atoms with E-state index in [0.29, 0.717) is 35.8 Å². The summed E-state index contributed by atoms with van der Waals surface area (Å²) in [7, 11) is 0. The summed E-state index contributed by atoms with van der Waals surface area (Å²) < 4.78 is 5.58. The normalized spacial score (nSPS) is 22.6. The summed E-state index contributed by atoms with van der Waals surface area (Å²) in [6.45, 7) is 5.53. The van der Waals surface area contributed by atoms with Crippen LogP contribution in [0.3, 0.4) is 0 Å². The molecule has 1 saturated heterocycles. The number of hydrogen-bond acceptors (Lipinski definition) is 4. The van der Waals surface area contributed by atoms with Gasteiger partial charge in [0.05, 0.1) is 13.0 Å². The smallest absolute Gasteiger partial charge is 0.226 e. The molecule has 1 amide bonds. The van der Waals surface area contributed by atoms with Crippen LogP contribution in [0.15, 0.2) is 24.3 Å². The molecule has 0 bridgehead atoms. The first-order valence-electron chi connectivity index (χ1n) is 6.97. The zero-order valence-electron chi connectivity index (χ0n) is 12.0. The van der Waals surface area contributed by atoms with Gasteiger partial charge in [0.25, 0.3) is 0 Å². The number of carbonyl (C=O) groups is 1. The van der Waals surface area contributed by atoms with Gasteiger partial charge >= 0.3 is 0 Å². The number of thioether (sulfide) groups is 1. The third-order valence-electron chi connectivity index (χ3n) is 3.65. The molecule has 0 aliphatic carbocycles. The minimum Gasteiger partial charge on any atom is -0.493 e. The first kappa shape index (κ1) is 15.0. The highest BCUT2D eigenvalue weighted by molar-refractivity contribution is 8.00. The molecule has 2 atom stereocenters. The van der Waals surface area contributed by atoms with Crippen molar-refractivity contribution in [2.24, 2.45) is 0 Å². The Morgan fingerprint density at radius 3 is 3.05 bits per heavy atom. The second kappa shape index (κ2) is 6.88. The summed E-state index contributed by atoms with van der Waals surface area (Å²) in [5, 5.41) is 0.502. The SMILES string of the molecule is CC1SCCN(C(=O)CCOc2cccc(N)c2)C1C. The minimum atomic E-state index is 0.175. The Kier molecular flexibility index (Phi) is 5.17. The summed E-state index contributed by atoms with van der Waals surface area (Å²) in [4.78, 5) is 14.2. The Bertz CT molecular complexity index is 467. The van der Waals surface area contributed by atoms with Crippen LogP contribution in [-0.2, 0) is 4.79 Å². The molecule has 2 N–H and O–H groups in total. The van der Waals surface area contributed by atoms with E-state index < -0.39 is 0 Å². The van der Waals surface area contributed by atoms with Gasteiger partial charge in [-0.25, -0.2) is 0 Å². The summed E-state index contributed by atoms with van der Waals surface area (Å²) in [6, 6.07) is 7.58. The maximum Gasteiger partial charge on any atom is 0.226 e. The zero-order chi connectivity index (χ0) is 14.5. The molecule has 1 heterocycles. The number of benzene rings is 1. The molecular formula is C15H22N2O2S. The van der Waals surface area contributed by atoms with Crippen LogP contribution >= 0.6 is 11.8 Å². The van der Waals surface area contributed by atoms with Gasteiger partial charge in [0.2, 0.25) is 5.91 Å². The van der Waals surface area contributed by atoms with E-state index >= 15 is 0 Å². The first-order chi connectivity index (χ1) is 9.58. The van der Waals surface area contributed by atoms with Gasteiger partial charge in [-0.05, 0) is 19.1 Å². The Morgan fingerprint density at radius 2 is 2.30 bits per heavy atom. The maximum absolute atomic E-state index is 12.2. The van der Waals surface area contributed by atoms with E-state index in [4.69, 9.17) is 10.5 Å². The average Bonchev–Trinajstić information content (AvgIpc) is 2.42. The molecule has 0 spiro atoms. The third-order valence-corrected chi connectivity index (χ3v) is 4.98. The molecule has 1 fully saturated rings. The average molecular weight is 294 g/mol. The van der Waals surface area contributed by atoms with Gasteiger partial charge in [-0.1, -0.05) is 13.0 Å². The van der Waals surface area contributed by atoms with Gasteiger partial charge < -0.3 is 15.4 Å². The standard InChI is InChI=1S/C15H22N2O2S/c1-11-12(2)20-9-7-17(11)15(18)6-8-19-14-5-3-4-13(16)10-14/h3-5,10-12H,6-9,16H2,1-2H3. The fourth-order valence-electron chi connectivity index (χ4n) is 2.29. The summed E-state index contributed by atoms with van der Waals surface area (Å²) >= 11 is 1.93. The number of carbonyl (C=O) groups excluding carboxylic acids is 1. The zero-order valence-corrected chi connectivity index (χ0v) is 12.9. The van der Waals surface area contributed by atoms with Crippen LogP contribution in [0.5, 0.6) is 5.75 Å². The summed E-state index contributed by atoms with van der Waals surface area (Å²) in [5.74, 6) is 1.91. The second-order valence-corrected chi connectivity index (χ2v) is 6.56. The number of amides is 1. The Balaban J connectivity index is 1.80. The lowest BCUT2D eigenvalue weighted by molar-refractivity contribution is -0.133. The van der Waals surface area contributed by atoms with E-state index in [0.717, 1.165) is 12.3 Å². The molecule has 4 nitrogen and oxygen atoms in total. The van der Waals surface area contributed by atoms with Crippen LogP contribution in [0, 0.1) is 0 Å². The fourth-order valence-corrected chi connectivity index (χ4v) is 3.39. The molecule has 1 aromatic carbocycles. The highest BCUT2D eigenvalue weighted by Gasteiger charge is 2.28. The third kappa shape index (κ3) is 3.82. The Morgan fingerprint density at radius 1 is 1.50 bits per heavy atom. The number of anilines is 1. The fraction of sp³-hybridized carbons (Fsp3) is 0.533. The van der Waals surface area contributed by atoms with Crippen LogP contribution in [0.2, 0.25) is 0 Å². The van der Waals surface area contributed by atoms with Crippen LogP contribution in [0.1, 0.15) is 20.3 Å². The molecule has 1 aliphatic rings. The summed E-state index contributed by atoms with van der Waals surface area (Å²) in [5.41, 5.74) is 6.35. The highest BCUT2D eigenvalue weighted by atomic mass is 32.2. The molecule has 110 valence electrons. The van der Waals surface area contributed by atoms with E-state index in [-0.39, 0.29) is 5.91 Å². The number of nitrogen functional groups attached to an aromatic ring is 1.